The maximum absolute atomic E-state index is 12.8. The van der Waals surface area contributed by atoms with Crippen molar-refractivity contribution in [2.75, 3.05) is 6.54 Å². The van der Waals surface area contributed by atoms with E-state index in [2.05, 4.69) is 5.32 Å². The van der Waals surface area contributed by atoms with Gasteiger partial charge >= 0.3 is 5.97 Å². The second-order valence-corrected chi connectivity index (χ2v) is 4.14. The first-order valence-electron chi connectivity index (χ1n) is 5.37. The molecule has 1 aliphatic rings. The highest BCUT2D eigenvalue weighted by Crippen LogP contribution is 2.40. The van der Waals surface area contributed by atoms with E-state index in [1.807, 2.05) is 0 Å². The monoisotopic (exact) mass is 223 g/mol. The van der Waals surface area contributed by atoms with Gasteiger partial charge in [0.15, 0.2) is 0 Å². The molecule has 0 amide bonds. The SMILES string of the molecule is O=C(O)CNC(c1ccc(F)cc1)C1CC1. The number of carboxylic acids is 1. The number of hydrogen-bond donors (Lipinski definition) is 2. The maximum atomic E-state index is 12.8. The van der Waals surface area contributed by atoms with Gasteiger partial charge in [0.2, 0.25) is 0 Å². The van der Waals surface area contributed by atoms with Gasteiger partial charge in [-0.25, -0.2) is 4.39 Å². The first-order valence-corrected chi connectivity index (χ1v) is 5.37. The Morgan fingerprint density at radius 3 is 2.56 bits per heavy atom. The van der Waals surface area contributed by atoms with Crippen molar-refractivity contribution in [3.8, 4) is 0 Å². The van der Waals surface area contributed by atoms with Crippen LogP contribution in [-0.2, 0) is 4.79 Å². The van der Waals surface area contributed by atoms with Gasteiger partial charge in [-0.1, -0.05) is 12.1 Å². The van der Waals surface area contributed by atoms with E-state index in [1.54, 1.807) is 12.1 Å². The Kier molecular flexibility index (Phi) is 3.19. The van der Waals surface area contributed by atoms with Crippen LogP contribution in [0.25, 0.3) is 0 Å². The second-order valence-electron chi connectivity index (χ2n) is 4.14. The van der Waals surface area contributed by atoms with Crippen LogP contribution >= 0.6 is 0 Å². The average Bonchev–Trinajstić information content (AvgIpc) is 3.04. The fraction of sp³-hybridized carbons (Fsp3) is 0.417. The Morgan fingerprint density at radius 1 is 1.44 bits per heavy atom. The normalized spacial score (nSPS) is 17.1. The molecule has 0 spiro atoms. The lowest BCUT2D eigenvalue weighted by molar-refractivity contribution is -0.136. The van der Waals surface area contributed by atoms with Crippen molar-refractivity contribution in [2.24, 2.45) is 5.92 Å². The minimum atomic E-state index is -0.868. The molecule has 0 bridgehead atoms. The molecule has 0 saturated heterocycles. The van der Waals surface area contributed by atoms with Crippen LogP contribution in [-0.4, -0.2) is 17.6 Å². The predicted octanol–water partition coefficient (Wildman–Crippen LogP) is 1.95. The maximum Gasteiger partial charge on any atom is 0.317 e. The standard InChI is InChI=1S/C12H14FNO2/c13-10-5-3-9(4-6-10)12(8-1-2-8)14-7-11(15)16/h3-6,8,12,14H,1-2,7H2,(H,15,16). The van der Waals surface area contributed by atoms with Crippen molar-refractivity contribution in [2.45, 2.75) is 18.9 Å². The van der Waals surface area contributed by atoms with E-state index in [0.29, 0.717) is 5.92 Å². The minimum absolute atomic E-state index is 0.0386. The molecule has 16 heavy (non-hydrogen) atoms. The van der Waals surface area contributed by atoms with Crippen LogP contribution in [0, 0.1) is 11.7 Å². The zero-order valence-electron chi connectivity index (χ0n) is 8.82. The third-order valence-corrected chi connectivity index (χ3v) is 2.80. The van der Waals surface area contributed by atoms with E-state index in [0.717, 1.165) is 18.4 Å². The Labute approximate surface area is 93.3 Å². The van der Waals surface area contributed by atoms with Crippen molar-refractivity contribution in [3.63, 3.8) is 0 Å². The van der Waals surface area contributed by atoms with Gasteiger partial charge in [0, 0.05) is 6.04 Å². The van der Waals surface area contributed by atoms with Gasteiger partial charge in [0.05, 0.1) is 6.54 Å². The van der Waals surface area contributed by atoms with E-state index in [1.165, 1.54) is 12.1 Å². The lowest BCUT2D eigenvalue weighted by atomic mass is 10.0. The zero-order chi connectivity index (χ0) is 11.5. The quantitative estimate of drug-likeness (QED) is 0.802. The molecule has 2 rings (SSSR count). The molecule has 0 aromatic heterocycles. The zero-order valence-corrected chi connectivity index (χ0v) is 8.82. The van der Waals surface area contributed by atoms with Crippen LogP contribution < -0.4 is 5.32 Å². The number of carboxylic acid groups (broad SMARTS) is 1. The van der Waals surface area contributed by atoms with Crippen molar-refractivity contribution < 1.29 is 14.3 Å². The van der Waals surface area contributed by atoms with Gasteiger partial charge in [-0.05, 0) is 36.5 Å². The molecule has 1 aliphatic carbocycles. The molecule has 0 aliphatic heterocycles. The lowest BCUT2D eigenvalue weighted by Crippen LogP contribution is -2.28. The highest BCUT2D eigenvalue weighted by molar-refractivity contribution is 5.69. The Balaban J connectivity index is 2.06. The molecule has 3 nitrogen and oxygen atoms in total. The van der Waals surface area contributed by atoms with Crippen LogP contribution in [0.15, 0.2) is 24.3 Å². The smallest absolute Gasteiger partial charge is 0.317 e. The molecule has 2 N–H and O–H groups in total. The third kappa shape index (κ3) is 2.79. The number of carbonyl (C=O) groups is 1. The number of hydrogen-bond acceptors (Lipinski definition) is 2. The van der Waals surface area contributed by atoms with Gasteiger partial charge in [-0.15, -0.1) is 0 Å². The highest BCUT2D eigenvalue weighted by Gasteiger charge is 2.32. The van der Waals surface area contributed by atoms with Crippen LogP contribution in [0.1, 0.15) is 24.4 Å². The van der Waals surface area contributed by atoms with Gasteiger partial charge in [-0.3, -0.25) is 10.1 Å². The fourth-order valence-electron chi connectivity index (χ4n) is 1.85. The van der Waals surface area contributed by atoms with E-state index in [9.17, 15) is 9.18 Å². The predicted molar refractivity (Wildman–Crippen MR) is 57.5 cm³/mol. The molecular weight excluding hydrogens is 209 g/mol. The van der Waals surface area contributed by atoms with Crippen molar-refractivity contribution >= 4 is 5.97 Å². The summed E-state index contributed by atoms with van der Waals surface area (Å²) in [6, 6.07) is 6.29. The van der Waals surface area contributed by atoms with Gasteiger partial charge in [0.25, 0.3) is 0 Å². The first-order chi connectivity index (χ1) is 7.66. The number of rotatable bonds is 5. The van der Waals surface area contributed by atoms with Crippen LogP contribution in [0.3, 0.4) is 0 Å². The largest absolute Gasteiger partial charge is 0.480 e. The summed E-state index contributed by atoms with van der Waals surface area (Å²) in [5, 5.41) is 11.6. The summed E-state index contributed by atoms with van der Waals surface area (Å²) in [6.07, 6.45) is 2.21. The minimum Gasteiger partial charge on any atom is -0.480 e. The van der Waals surface area contributed by atoms with Gasteiger partial charge < -0.3 is 5.11 Å². The molecule has 0 heterocycles. The number of nitrogens with one attached hydrogen (secondary N) is 1. The van der Waals surface area contributed by atoms with Crippen LogP contribution in [0.5, 0.6) is 0 Å². The molecule has 1 saturated carbocycles. The summed E-state index contributed by atoms with van der Waals surface area (Å²) in [5.41, 5.74) is 0.963. The molecular formula is C12H14FNO2. The lowest BCUT2D eigenvalue weighted by Gasteiger charge is -2.17. The summed E-state index contributed by atoms with van der Waals surface area (Å²) in [5.74, 6) is -0.644. The third-order valence-electron chi connectivity index (χ3n) is 2.80. The number of aliphatic carboxylic acids is 1. The second kappa shape index (κ2) is 4.61. The van der Waals surface area contributed by atoms with Crippen molar-refractivity contribution in [3.05, 3.63) is 35.6 Å². The van der Waals surface area contributed by atoms with E-state index in [4.69, 9.17) is 5.11 Å². The van der Waals surface area contributed by atoms with Crippen LogP contribution in [0.4, 0.5) is 4.39 Å². The van der Waals surface area contributed by atoms with Crippen molar-refractivity contribution in [1.82, 2.24) is 5.32 Å². The summed E-state index contributed by atoms with van der Waals surface area (Å²) < 4.78 is 12.8. The molecule has 1 aromatic carbocycles. The van der Waals surface area contributed by atoms with Crippen LogP contribution in [0.2, 0.25) is 0 Å². The molecule has 0 radical (unpaired) electrons. The van der Waals surface area contributed by atoms with Gasteiger partial charge in [0.1, 0.15) is 5.82 Å². The fourth-order valence-corrected chi connectivity index (χ4v) is 1.85. The Bertz CT molecular complexity index is 373. The van der Waals surface area contributed by atoms with E-state index in [-0.39, 0.29) is 18.4 Å². The summed E-state index contributed by atoms with van der Waals surface area (Å²) in [6.45, 7) is -0.0570. The summed E-state index contributed by atoms with van der Waals surface area (Å²) >= 11 is 0. The number of halogens is 1. The Morgan fingerprint density at radius 2 is 2.06 bits per heavy atom. The molecule has 1 aromatic rings. The Hall–Kier alpha value is -1.42. The molecule has 1 fully saturated rings. The summed E-state index contributed by atoms with van der Waals surface area (Å²) in [4.78, 5) is 10.5. The molecule has 1 unspecified atom stereocenters. The molecule has 4 heteroatoms. The molecule has 86 valence electrons. The summed E-state index contributed by atoms with van der Waals surface area (Å²) in [7, 11) is 0. The first kappa shape index (κ1) is 11.1. The average molecular weight is 223 g/mol. The molecule has 1 atom stereocenters. The van der Waals surface area contributed by atoms with Crippen molar-refractivity contribution in [1.29, 1.82) is 0 Å². The highest BCUT2D eigenvalue weighted by atomic mass is 19.1. The van der Waals surface area contributed by atoms with Gasteiger partial charge in [-0.2, -0.15) is 0 Å². The van der Waals surface area contributed by atoms with E-state index >= 15 is 0 Å². The number of benzene rings is 1. The van der Waals surface area contributed by atoms with E-state index < -0.39 is 5.97 Å². The topological polar surface area (TPSA) is 49.3 Å².